The van der Waals surface area contributed by atoms with Crippen molar-refractivity contribution in [2.45, 2.75) is 31.2 Å². The molecule has 1 saturated carbocycles. The summed E-state index contributed by atoms with van der Waals surface area (Å²) >= 11 is 6.15. The number of nitrogens with one attached hydrogen (secondary N) is 1. The first-order chi connectivity index (χ1) is 8.19. The number of hydrogen-bond donors (Lipinski definition) is 2. The van der Waals surface area contributed by atoms with Gasteiger partial charge in [-0.2, -0.15) is 5.26 Å². The van der Waals surface area contributed by atoms with Crippen molar-refractivity contribution < 1.29 is 0 Å². The fourth-order valence-electron chi connectivity index (χ4n) is 2.40. The summed E-state index contributed by atoms with van der Waals surface area (Å²) in [4.78, 5) is 0. The SMILES string of the molecule is N#Cc1ccc(NC2(CN)CCCC2)c(Cl)c1. The van der Waals surface area contributed by atoms with Crippen molar-refractivity contribution >= 4 is 17.3 Å². The Hall–Kier alpha value is -1.24. The lowest BCUT2D eigenvalue weighted by Crippen LogP contribution is -2.42. The van der Waals surface area contributed by atoms with Crippen LogP contribution in [0.2, 0.25) is 5.02 Å². The Morgan fingerprint density at radius 2 is 2.12 bits per heavy atom. The zero-order valence-electron chi connectivity index (χ0n) is 9.67. The molecule has 3 nitrogen and oxygen atoms in total. The molecule has 1 aliphatic rings. The van der Waals surface area contributed by atoms with Gasteiger partial charge in [-0.3, -0.25) is 0 Å². The third-order valence-corrected chi connectivity index (χ3v) is 3.76. The highest BCUT2D eigenvalue weighted by Gasteiger charge is 2.32. The number of nitrogens with zero attached hydrogens (tertiary/aromatic N) is 1. The van der Waals surface area contributed by atoms with Crippen molar-refractivity contribution in [3.63, 3.8) is 0 Å². The maximum Gasteiger partial charge on any atom is 0.0992 e. The molecule has 1 aromatic rings. The van der Waals surface area contributed by atoms with Crippen LogP contribution in [0.25, 0.3) is 0 Å². The van der Waals surface area contributed by atoms with Crippen molar-refractivity contribution in [3.05, 3.63) is 28.8 Å². The molecule has 4 heteroatoms. The molecule has 0 saturated heterocycles. The lowest BCUT2D eigenvalue weighted by Gasteiger charge is -2.30. The summed E-state index contributed by atoms with van der Waals surface area (Å²) in [5, 5.41) is 12.8. The summed E-state index contributed by atoms with van der Waals surface area (Å²) < 4.78 is 0. The molecule has 0 heterocycles. The van der Waals surface area contributed by atoms with Crippen LogP contribution in [0.5, 0.6) is 0 Å². The maximum atomic E-state index is 8.78. The van der Waals surface area contributed by atoms with Crippen LogP contribution >= 0.6 is 11.6 Å². The molecule has 0 atom stereocenters. The van der Waals surface area contributed by atoms with Gasteiger partial charge in [0.2, 0.25) is 0 Å². The Morgan fingerprint density at radius 3 is 2.65 bits per heavy atom. The quantitative estimate of drug-likeness (QED) is 0.866. The van der Waals surface area contributed by atoms with E-state index in [0.717, 1.165) is 18.5 Å². The smallest absolute Gasteiger partial charge is 0.0992 e. The van der Waals surface area contributed by atoms with Gasteiger partial charge in [0.15, 0.2) is 0 Å². The molecule has 0 spiro atoms. The summed E-state index contributed by atoms with van der Waals surface area (Å²) in [5.41, 5.74) is 7.30. The monoisotopic (exact) mass is 249 g/mol. The minimum Gasteiger partial charge on any atom is -0.377 e. The van der Waals surface area contributed by atoms with E-state index in [1.807, 2.05) is 6.07 Å². The van der Waals surface area contributed by atoms with Gasteiger partial charge in [0.1, 0.15) is 0 Å². The van der Waals surface area contributed by atoms with Gasteiger partial charge in [-0.15, -0.1) is 0 Å². The highest BCUT2D eigenvalue weighted by atomic mass is 35.5. The fourth-order valence-corrected chi connectivity index (χ4v) is 2.63. The summed E-state index contributed by atoms with van der Waals surface area (Å²) in [6.45, 7) is 0.614. The Labute approximate surface area is 107 Å². The van der Waals surface area contributed by atoms with Gasteiger partial charge in [-0.25, -0.2) is 0 Å². The lowest BCUT2D eigenvalue weighted by molar-refractivity contribution is 0.493. The van der Waals surface area contributed by atoms with Gasteiger partial charge < -0.3 is 11.1 Å². The molecule has 0 bridgehead atoms. The topological polar surface area (TPSA) is 61.8 Å². The Kier molecular flexibility index (Phi) is 3.56. The minimum atomic E-state index is -0.0161. The van der Waals surface area contributed by atoms with E-state index in [1.54, 1.807) is 12.1 Å². The number of hydrogen-bond acceptors (Lipinski definition) is 3. The molecule has 1 fully saturated rings. The van der Waals surface area contributed by atoms with E-state index >= 15 is 0 Å². The molecular formula is C13H16ClN3. The standard InChI is InChI=1S/C13H16ClN3/c14-11-7-10(8-15)3-4-12(11)17-13(9-16)5-1-2-6-13/h3-4,7,17H,1-2,5-6,9,16H2. The fraction of sp³-hybridized carbons (Fsp3) is 0.462. The molecule has 1 aromatic carbocycles. The summed E-state index contributed by atoms with van der Waals surface area (Å²) in [5.74, 6) is 0. The Balaban J connectivity index is 2.21. The predicted octanol–water partition coefficient (Wildman–Crippen LogP) is 2.90. The maximum absolute atomic E-state index is 8.78. The number of halogens is 1. The number of rotatable bonds is 3. The van der Waals surface area contributed by atoms with Crippen LogP contribution in [0.1, 0.15) is 31.2 Å². The summed E-state index contributed by atoms with van der Waals surface area (Å²) in [6.07, 6.45) is 4.58. The Morgan fingerprint density at radius 1 is 1.41 bits per heavy atom. The van der Waals surface area contributed by atoms with E-state index in [4.69, 9.17) is 22.6 Å². The largest absolute Gasteiger partial charge is 0.377 e. The second kappa shape index (κ2) is 4.95. The zero-order chi connectivity index (χ0) is 12.3. The first-order valence-corrected chi connectivity index (χ1v) is 6.25. The van der Waals surface area contributed by atoms with Crippen LogP contribution in [0.3, 0.4) is 0 Å². The lowest BCUT2D eigenvalue weighted by atomic mass is 9.97. The van der Waals surface area contributed by atoms with E-state index in [0.29, 0.717) is 17.1 Å². The third kappa shape index (κ3) is 2.54. The molecule has 0 unspecified atom stereocenters. The van der Waals surface area contributed by atoms with E-state index in [1.165, 1.54) is 12.8 Å². The molecule has 90 valence electrons. The second-order valence-electron chi connectivity index (χ2n) is 4.62. The zero-order valence-corrected chi connectivity index (χ0v) is 10.4. The van der Waals surface area contributed by atoms with Crippen molar-refractivity contribution in [1.29, 1.82) is 5.26 Å². The Bertz CT molecular complexity index is 444. The van der Waals surface area contributed by atoms with Gasteiger partial charge in [-0.05, 0) is 31.0 Å². The van der Waals surface area contributed by atoms with Gasteiger partial charge in [0, 0.05) is 12.1 Å². The van der Waals surface area contributed by atoms with Crippen molar-refractivity contribution in [2.75, 3.05) is 11.9 Å². The molecule has 17 heavy (non-hydrogen) atoms. The molecule has 3 N–H and O–H groups in total. The second-order valence-corrected chi connectivity index (χ2v) is 5.03. The highest BCUT2D eigenvalue weighted by molar-refractivity contribution is 6.33. The van der Waals surface area contributed by atoms with E-state index in [-0.39, 0.29) is 5.54 Å². The van der Waals surface area contributed by atoms with Crippen molar-refractivity contribution in [2.24, 2.45) is 5.73 Å². The van der Waals surface area contributed by atoms with Crippen LogP contribution in [0.15, 0.2) is 18.2 Å². The average Bonchev–Trinajstić information content (AvgIpc) is 2.81. The van der Waals surface area contributed by atoms with Crippen LogP contribution in [-0.2, 0) is 0 Å². The van der Waals surface area contributed by atoms with Crippen LogP contribution < -0.4 is 11.1 Å². The third-order valence-electron chi connectivity index (χ3n) is 3.45. The summed E-state index contributed by atoms with van der Waals surface area (Å²) in [7, 11) is 0. The normalized spacial score (nSPS) is 17.7. The van der Waals surface area contributed by atoms with Crippen LogP contribution in [0, 0.1) is 11.3 Å². The average molecular weight is 250 g/mol. The molecule has 0 aromatic heterocycles. The number of nitrogens with two attached hydrogens (primary N) is 1. The molecule has 0 aliphatic heterocycles. The van der Waals surface area contributed by atoms with Crippen molar-refractivity contribution in [3.8, 4) is 6.07 Å². The minimum absolute atomic E-state index is 0.0161. The van der Waals surface area contributed by atoms with Gasteiger partial charge in [0.25, 0.3) is 0 Å². The van der Waals surface area contributed by atoms with Gasteiger partial charge in [0.05, 0.1) is 22.3 Å². The molecule has 2 rings (SSSR count). The predicted molar refractivity (Wildman–Crippen MR) is 70.0 cm³/mol. The van der Waals surface area contributed by atoms with Crippen molar-refractivity contribution in [1.82, 2.24) is 0 Å². The van der Waals surface area contributed by atoms with E-state index < -0.39 is 0 Å². The van der Waals surface area contributed by atoms with E-state index in [9.17, 15) is 0 Å². The van der Waals surface area contributed by atoms with Gasteiger partial charge in [-0.1, -0.05) is 24.4 Å². The molecule has 0 radical (unpaired) electrons. The molecular weight excluding hydrogens is 234 g/mol. The first kappa shape index (κ1) is 12.2. The highest BCUT2D eigenvalue weighted by Crippen LogP contribution is 2.34. The number of nitriles is 1. The number of benzene rings is 1. The van der Waals surface area contributed by atoms with Crippen LogP contribution in [0.4, 0.5) is 5.69 Å². The summed E-state index contributed by atoms with van der Waals surface area (Å²) in [6, 6.07) is 7.39. The number of anilines is 1. The van der Waals surface area contributed by atoms with E-state index in [2.05, 4.69) is 11.4 Å². The van der Waals surface area contributed by atoms with Gasteiger partial charge >= 0.3 is 0 Å². The van der Waals surface area contributed by atoms with Crippen LogP contribution in [-0.4, -0.2) is 12.1 Å². The molecule has 1 aliphatic carbocycles. The first-order valence-electron chi connectivity index (χ1n) is 5.87. The molecule has 0 amide bonds.